The van der Waals surface area contributed by atoms with Gasteiger partial charge in [0.1, 0.15) is 25.6 Å². The number of fused-ring (bicyclic) bond motifs is 1. The summed E-state index contributed by atoms with van der Waals surface area (Å²) in [6.45, 7) is 6.11. The lowest BCUT2D eigenvalue weighted by Crippen LogP contribution is -2.56. The number of para-hydroxylation sites is 1. The highest BCUT2D eigenvalue weighted by Gasteiger charge is 2.31. The van der Waals surface area contributed by atoms with Crippen LogP contribution in [-0.4, -0.2) is 55.9 Å². The van der Waals surface area contributed by atoms with Crippen molar-refractivity contribution in [3.8, 4) is 22.6 Å². The lowest BCUT2D eigenvalue weighted by atomic mass is 10.1. The van der Waals surface area contributed by atoms with Crippen LogP contribution in [0, 0.1) is 5.82 Å². The third kappa shape index (κ3) is 4.21. The van der Waals surface area contributed by atoms with Crippen LogP contribution in [0.1, 0.15) is 5.56 Å². The van der Waals surface area contributed by atoms with Gasteiger partial charge in [0, 0.05) is 23.5 Å². The molecular weight excluding hydrogens is 393 g/mol. The van der Waals surface area contributed by atoms with E-state index in [1.54, 1.807) is 12.1 Å². The van der Waals surface area contributed by atoms with Crippen molar-refractivity contribution in [2.45, 2.75) is 6.54 Å². The maximum absolute atomic E-state index is 13.3. The number of halogens is 1. The number of likely N-dealkylation sites (N-methyl/N-ethyl adjacent to an activating group) is 1. The average Bonchev–Trinajstić information content (AvgIpc) is 2.80. The third-order valence-corrected chi connectivity index (χ3v) is 6.24. The summed E-state index contributed by atoms with van der Waals surface area (Å²) in [5.74, 6) is 1.50. The highest BCUT2D eigenvalue weighted by molar-refractivity contribution is 5.65. The summed E-state index contributed by atoms with van der Waals surface area (Å²) in [6.07, 6.45) is 3.79. The molecule has 160 valence electrons. The summed E-state index contributed by atoms with van der Waals surface area (Å²) in [6, 6.07) is 14.9. The van der Waals surface area contributed by atoms with Crippen molar-refractivity contribution in [1.82, 2.24) is 4.98 Å². The Hall–Kier alpha value is -3.12. The smallest absolute Gasteiger partial charge is 0.184 e. The Labute approximate surface area is 182 Å². The van der Waals surface area contributed by atoms with Gasteiger partial charge in [-0.25, -0.2) is 4.39 Å². The van der Waals surface area contributed by atoms with Gasteiger partial charge in [0.2, 0.25) is 0 Å². The van der Waals surface area contributed by atoms with Crippen molar-refractivity contribution < 1.29 is 18.3 Å². The predicted molar refractivity (Wildman–Crippen MR) is 119 cm³/mol. The monoisotopic (exact) mass is 420 g/mol. The lowest BCUT2D eigenvalue weighted by molar-refractivity contribution is -0.923. The molecular formula is C25H27FN3O2+. The first-order valence-electron chi connectivity index (χ1n) is 10.8. The second kappa shape index (κ2) is 8.19. The topological polar surface area (TPSA) is 34.6 Å². The van der Waals surface area contributed by atoms with Gasteiger partial charge < -0.3 is 18.9 Å². The summed E-state index contributed by atoms with van der Waals surface area (Å²) in [7, 11) is 2.31. The predicted octanol–water partition coefficient (Wildman–Crippen LogP) is 4.13. The van der Waals surface area contributed by atoms with Crippen LogP contribution in [0.4, 0.5) is 10.1 Å². The minimum atomic E-state index is -0.222. The van der Waals surface area contributed by atoms with Crippen LogP contribution in [0.5, 0.6) is 11.5 Å². The molecule has 1 fully saturated rings. The van der Waals surface area contributed by atoms with Gasteiger partial charge in [-0.3, -0.25) is 4.98 Å². The number of benzene rings is 2. The van der Waals surface area contributed by atoms with Gasteiger partial charge in [-0.2, -0.15) is 0 Å². The Morgan fingerprint density at radius 3 is 2.55 bits per heavy atom. The van der Waals surface area contributed by atoms with Gasteiger partial charge in [0.05, 0.1) is 38.9 Å². The maximum Gasteiger partial charge on any atom is 0.184 e. The van der Waals surface area contributed by atoms with Gasteiger partial charge >= 0.3 is 0 Å². The van der Waals surface area contributed by atoms with Crippen molar-refractivity contribution in [2.75, 3.05) is 51.3 Å². The number of hydrogen-bond acceptors (Lipinski definition) is 4. The first-order chi connectivity index (χ1) is 15.1. The molecule has 0 radical (unpaired) electrons. The number of anilines is 1. The summed E-state index contributed by atoms with van der Waals surface area (Å²) in [5.41, 5.74) is 4.34. The first kappa shape index (κ1) is 19.8. The molecule has 5 nitrogen and oxygen atoms in total. The molecule has 0 bridgehead atoms. The van der Waals surface area contributed by atoms with Crippen molar-refractivity contribution in [3.63, 3.8) is 0 Å². The molecule has 2 aliphatic heterocycles. The van der Waals surface area contributed by atoms with Gasteiger partial charge in [0.25, 0.3) is 0 Å². The van der Waals surface area contributed by atoms with Crippen molar-refractivity contribution >= 4 is 5.69 Å². The van der Waals surface area contributed by atoms with Crippen LogP contribution in [0.25, 0.3) is 11.1 Å². The molecule has 0 aliphatic carbocycles. The molecule has 31 heavy (non-hydrogen) atoms. The van der Waals surface area contributed by atoms with E-state index in [0.29, 0.717) is 13.2 Å². The summed E-state index contributed by atoms with van der Waals surface area (Å²) in [4.78, 5) is 6.85. The Bertz CT molecular complexity index is 1060. The van der Waals surface area contributed by atoms with Crippen molar-refractivity contribution in [3.05, 3.63) is 72.3 Å². The molecule has 1 aromatic heterocycles. The largest absolute Gasteiger partial charge is 0.486 e. The quantitative estimate of drug-likeness (QED) is 0.595. The highest BCUT2D eigenvalue weighted by Crippen LogP contribution is 2.40. The van der Waals surface area contributed by atoms with Gasteiger partial charge in [-0.1, -0.05) is 18.2 Å². The third-order valence-electron chi connectivity index (χ3n) is 6.24. The highest BCUT2D eigenvalue weighted by atomic mass is 19.1. The van der Waals surface area contributed by atoms with E-state index in [0.717, 1.165) is 65.5 Å². The number of rotatable bonds is 4. The van der Waals surface area contributed by atoms with Gasteiger partial charge in [0.15, 0.2) is 11.5 Å². The summed E-state index contributed by atoms with van der Waals surface area (Å²) < 4.78 is 25.9. The van der Waals surface area contributed by atoms with Crippen LogP contribution in [0.2, 0.25) is 0 Å². The number of hydrogen-bond donors (Lipinski definition) is 0. The first-order valence-corrected chi connectivity index (χ1v) is 10.8. The van der Waals surface area contributed by atoms with Crippen LogP contribution >= 0.6 is 0 Å². The van der Waals surface area contributed by atoms with E-state index in [1.807, 2.05) is 24.5 Å². The molecule has 0 N–H and O–H groups in total. The lowest BCUT2D eigenvalue weighted by Gasteiger charge is -2.43. The fourth-order valence-corrected chi connectivity index (χ4v) is 4.47. The van der Waals surface area contributed by atoms with E-state index in [1.165, 1.54) is 17.7 Å². The van der Waals surface area contributed by atoms with Crippen LogP contribution in [-0.2, 0) is 6.54 Å². The molecule has 6 heteroatoms. The molecule has 3 aromatic rings. The van der Waals surface area contributed by atoms with Crippen LogP contribution < -0.4 is 14.4 Å². The molecule has 0 unspecified atom stereocenters. The van der Waals surface area contributed by atoms with E-state index in [4.69, 9.17) is 9.47 Å². The summed E-state index contributed by atoms with van der Waals surface area (Å²) in [5, 5.41) is 0. The summed E-state index contributed by atoms with van der Waals surface area (Å²) >= 11 is 0. The minimum Gasteiger partial charge on any atom is -0.486 e. The number of ether oxygens (including phenoxy) is 2. The molecule has 5 rings (SSSR count). The van der Waals surface area contributed by atoms with E-state index in [9.17, 15) is 4.39 Å². The fraction of sp³-hybridized carbons (Fsp3) is 0.320. The Kier molecular flexibility index (Phi) is 5.24. The zero-order valence-corrected chi connectivity index (χ0v) is 17.8. The molecule has 1 saturated heterocycles. The maximum atomic E-state index is 13.3. The number of pyridine rings is 1. The zero-order valence-electron chi connectivity index (χ0n) is 17.8. The molecule has 3 heterocycles. The van der Waals surface area contributed by atoms with E-state index >= 15 is 0 Å². The Balaban J connectivity index is 1.28. The molecule has 0 amide bonds. The Morgan fingerprint density at radius 1 is 0.968 bits per heavy atom. The SMILES string of the molecule is C[N+]1(Cc2cncc(-c3ccc(F)cc3)c2)CCN(c2cccc3c2OCCO3)CC1. The number of piperazine rings is 1. The molecule has 2 aromatic carbocycles. The number of aromatic nitrogens is 1. The Morgan fingerprint density at radius 2 is 1.74 bits per heavy atom. The fourth-order valence-electron chi connectivity index (χ4n) is 4.47. The van der Waals surface area contributed by atoms with Crippen LogP contribution in [0.3, 0.4) is 0 Å². The number of nitrogens with zero attached hydrogens (tertiary/aromatic N) is 3. The van der Waals surface area contributed by atoms with Gasteiger partial charge in [-0.05, 0) is 35.9 Å². The minimum absolute atomic E-state index is 0.222. The van der Waals surface area contributed by atoms with E-state index in [2.05, 4.69) is 29.1 Å². The molecule has 0 spiro atoms. The standard InChI is InChI=1S/C25H27FN3O2/c1-29(18-19-15-21(17-27-16-19)20-5-7-22(26)8-6-20)11-9-28(10-12-29)23-3-2-4-24-25(23)31-14-13-30-24/h2-8,15-17H,9-14,18H2,1H3/q+1. The number of quaternary nitrogens is 1. The second-order valence-corrected chi connectivity index (χ2v) is 8.60. The van der Waals surface area contributed by atoms with E-state index < -0.39 is 0 Å². The van der Waals surface area contributed by atoms with Gasteiger partial charge in [-0.15, -0.1) is 0 Å². The molecule has 0 saturated carbocycles. The zero-order chi connectivity index (χ0) is 21.3. The van der Waals surface area contributed by atoms with Crippen molar-refractivity contribution in [1.29, 1.82) is 0 Å². The second-order valence-electron chi connectivity index (χ2n) is 8.60. The average molecular weight is 421 g/mol. The molecule has 2 aliphatic rings. The van der Waals surface area contributed by atoms with Crippen molar-refractivity contribution in [2.24, 2.45) is 0 Å². The normalized spacial score (nSPS) is 17.4. The van der Waals surface area contributed by atoms with Crippen LogP contribution in [0.15, 0.2) is 60.9 Å². The molecule has 0 atom stereocenters. The van der Waals surface area contributed by atoms with E-state index in [-0.39, 0.29) is 5.82 Å².